The summed E-state index contributed by atoms with van der Waals surface area (Å²) in [4.78, 5) is 23.0. The fourth-order valence-corrected chi connectivity index (χ4v) is 3.33. The Morgan fingerprint density at radius 3 is 2.42 bits per heavy atom. The number of benzene rings is 1. The van der Waals surface area contributed by atoms with Gasteiger partial charge >= 0.3 is 6.18 Å². The van der Waals surface area contributed by atoms with Crippen LogP contribution in [0.1, 0.15) is 62.5 Å². The third-order valence-corrected chi connectivity index (χ3v) is 5.45. The van der Waals surface area contributed by atoms with Gasteiger partial charge in [0.25, 0.3) is 5.91 Å². The predicted octanol–water partition coefficient (Wildman–Crippen LogP) is 6.37. The van der Waals surface area contributed by atoms with Crippen molar-refractivity contribution < 1.29 is 31.8 Å². The zero-order chi connectivity index (χ0) is 27.0. The van der Waals surface area contributed by atoms with Gasteiger partial charge in [-0.15, -0.1) is 0 Å². The van der Waals surface area contributed by atoms with Crippen molar-refractivity contribution in [2.45, 2.75) is 59.3 Å². The van der Waals surface area contributed by atoms with Crippen LogP contribution in [0.2, 0.25) is 0 Å². The molecule has 0 bridgehead atoms. The van der Waals surface area contributed by atoms with E-state index in [0.29, 0.717) is 18.6 Å². The van der Waals surface area contributed by atoms with Crippen molar-refractivity contribution in [1.29, 1.82) is 0 Å². The molecule has 1 amide bonds. The minimum Gasteiger partial charge on any atom is -0.475 e. The van der Waals surface area contributed by atoms with Gasteiger partial charge in [0.15, 0.2) is 5.90 Å². The highest BCUT2D eigenvalue weighted by atomic mass is 19.4. The van der Waals surface area contributed by atoms with E-state index < -0.39 is 29.5 Å². The van der Waals surface area contributed by atoms with Crippen molar-refractivity contribution in [3.8, 4) is 5.88 Å². The summed E-state index contributed by atoms with van der Waals surface area (Å²) in [6, 6.07) is 5.25. The number of nitrogens with zero attached hydrogens (tertiary/aromatic N) is 3. The van der Waals surface area contributed by atoms with Crippen molar-refractivity contribution in [1.82, 2.24) is 9.88 Å². The Labute approximate surface area is 208 Å². The van der Waals surface area contributed by atoms with Gasteiger partial charge in [0.05, 0.1) is 23.2 Å². The highest BCUT2D eigenvalue weighted by Crippen LogP contribution is 2.29. The lowest BCUT2D eigenvalue weighted by Crippen LogP contribution is -2.42. The number of aliphatic imine (C=N–C) groups is 1. The molecule has 2 aromatic rings. The Hall–Kier alpha value is -3.43. The van der Waals surface area contributed by atoms with Gasteiger partial charge in [0, 0.05) is 31.3 Å². The number of likely N-dealkylation sites (N-methyl/N-ethyl adjacent to an activating group) is 1. The zero-order valence-corrected chi connectivity index (χ0v) is 21.0. The third kappa shape index (κ3) is 7.79. The van der Waals surface area contributed by atoms with Gasteiger partial charge in [-0.25, -0.2) is 9.37 Å². The maximum atomic E-state index is 14.1. The molecule has 0 aliphatic heterocycles. The summed E-state index contributed by atoms with van der Waals surface area (Å²) in [5.74, 6) is -0.550. The first kappa shape index (κ1) is 28.8. The fraction of sp³-hybridized carbons (Fsp3) is 0.423. The largest absolute Gasteiger partial charge is 0.475 e. The molecule has 2 rings (SSSR count). The molecule has 0 saturated heterocycles. The summed E-state index contributed by atoms with van der Waals surface area (Å²) in [6.45, 7) is 13.2. The predicted molar refractivity (Wildman–Crippen MR) is 130 cm³/mol. The fourth-order valence-electron chi connectivity index (χ4n) is 3.33. The smallest absolute Gasteiger partial charge is 0.417 e. The minimum absolute atomic E-state index is 0.00123. The number of aromatic nitrogens is 1. The summed E-state index contributed by atoms with van der Waals surface area (Å²) in [5, 5.41) is 0. The molecule has 0 spiro atoms. The van der Waals surface area contributed by atoms with Gasteiger partial charge in [-0.2, -0.15) is 13.2 Å². The third-order valence-electron chi connectivity index (χ3n) is 5.45. The Morgan fingerprint density at radius 2 is 1.86 bits per heavy atom. The van der Waals surface area contributed by atoms with E-state index in [9.17, 15) is 22.4 Å². The number of halogens is 4. The topological polar surface area (TPSA) is 64.0 Å². The molecule has 0 radical (unpaired) electrons. The number of pyridine rings is 1. The van der Waals surface area contributed by atoms with Gasteiger partial charge in [-0.05, 0) is 51.5 Å². The van der Waals surface area contributed by atoms with Crippen molar-refractivity contribution in [3.63, 3.8) is 0 Å². The Balaban J connectivity index is 2.18. The Kier molecular flexibility index (Phi) is 10.0. The van der Waals surface area contributed by atoms with Crippen LogP contribution in [0.4, 0.5) is 17.6 Å². The van der Waals surface area contributed by atoms with Crippen LogP contribution in [0, 0.1) is 5.82 Å². The molecular weight excluding hydrogens is 478 g/mol. The second-order valence-corrected chi connectivity index (χ2v) is 8.25. The Morgan fingerprint density at radius 1 is 1.17 bits per heavy atom. The molecule has 1 aromatic carbocycles. The lowest BCUT2D eigenvalue weighted by atomic mass is 10.0. The maximum Gasteiger partial charge on any atom is 0.417 e. The van der Waals surface area contributed by atoms with Crippen LogP contribution in [0.5, 0.6) is 5.88 Å². The molecule has 0 aliphatic rings. The molecule has 1 aromatic heterocycles. The van der Waals surface area contributed by atoms with Crippen LogP contribution in [0.3, 0.4) is 0 Å². The quantitative estimate of drug-likeness (QED) is 0.162. The maximum absolute atomic E-state index is 14.1. The van der Waals surface area contributed by atoms with Gasteiger partial charge in [-0.3, -0.25) is 9.79 Å². The first-order valence-electron chi connectivity index (χ1n) is 11.5. The van der Waals surface area contributed by atoms with Gasteiger partial charge in [0.1, 0.15) is 18.2 Å². The van der Waals surface area contributed by atoms with Crippen molar-refractivity contribution >= 4 is 17.6 Å². The lowest BCUT2D eigenvalue weighted by Gasteiger charge is -2.29. The number of carbonyl (C=O) groups is 1. The average molecular weight is 510 g/mol. The molecule has 196 valence electrons. The van der Waals surface area contributed by atoms with Crippen molar-refractivity contribution in [3.05, 3.63) is 65.6 Å². The van der Waals surface area contributed by atoms with Crippen LogP contribution in [-0.4, -0.2) is 46.9 Å². The SMILES string of the molecule is C=C(OC(C)=NC(C)CC)c1cc(F)ccc1C(=O)N(CC)C(C)COc1ccc(C(F)(F)F)cn1. The summed E-state index contributed by atoms with van der Waals surface area (Å²) >= 11 is 0. The molecule has 2 unspecified atom stereocenters. The van der Waals surface area contributed by atoms with Crippen molar-refractivity contribution in [2.75, 3.05) is 13.2 Å². The van der Waals surface area contributed by atoms with E-state index in [4.69, 9.17) is 9.47 Å². The van der Waals surface area contributed by atoms with Gasteiger partial charge < -0.3 is 14.4 Å². The van der Waals surface area contributed by atoms with E-state index in [0.717, 1.165) is 18.6 Å². The molecule has 0 fully saturated rings. The summed E-state index contributed by atoms with van der Waals surface area (Å²) in [5.41, 5.74) is -0.516. The lowest BCUT2D eigenvalue weighted by molar-refractivity contribution is -0.137. The van der Waals surface area contributed by atoms with E-state index >= 15 is 0 Å². The standard InChI is InChI=1S/C26H31F4N3O3/c1-7-16(3)32-19(6)36-18(5)23-13-21(27)10-11-22(23)25(34)33(8-2)17(4)15-35-24-12-9-20(14-31-24)26(28,29)30/h9-14,16-17H,5,7-8,15H2,1-4,6H3. The van der Waals surface area contributed by atoms with Crippen LogP contribution in [-0.2, 0) is 10.9 Å². The van der Waals surface area contributed by atoms with E-state index in [-0.39, 0.29) is 35.4 Å². The zero-order valence-electron chi connectivity index (χ0n) is 21.0. The van der Waals surface area contributed by atoms with E-state index in [1.54, 1.807) is 20.8 Å². The molecule has 2 atom stereocenters. The van der Waals surface area contributed by atoms with Gasteiger partial charge in [0.2, 0.25) is 5.88 Å². The second kappa shape index (κ2) is 12.5. The highest BCUT2D eigenvalue weighted by molar-refractivity contribution is 5.99. The second-order valence-electron chi connectivity index (χ2n) is 8.25. The first-order chi connectivity index (χ1) is 16.9. The molecule has 10 heteroatoms. The molecule has 36 heavy (non-hydrogen) atoms. The van der Waals surface area contributed by atoms with Crippen LogP contribution < -0.4 is 4.74 Å². The minimum atomic E-state index is -4.50. The number of hydrogen-bond donors (Lipinski definition) is 0. The van der Waals surface area contributed by atoms with Crippen LogP contribution >= 0.6 is 0 Å². The molecule has 0 N–H and O–H groups in total. The number of amides is 1. The number of carbonyl (C=O) groups excluding carboxylic acids is 1. The highest BCUT2D eigenvalue weighted by Gasteiger charge is 2.31. The van der Waals surface area contributed by atoms with Gasteiger partial charge in [-0.1, -0.05) is 13.5 Å². The number of rotatable bonds is 10. The van der Waals surface area contributed by atoms with E-state index in [2.05, 4.69) is 16.6 Å². The molecule has 0 saturated carbocycles. The van der Waals surface area contributed by atoms with E-state index in [1.165, 1.54) is 23.1 Å². The summed E-state index contributed by atoms with van der Waals surface area (Å²) < 4.78 is 63.4. The normalized spacial score (nSPS) is 13.6. The first-order valence-corrected chi connectivity index (χ1v) is 11.5. The average Bonchev–Trinajstić information content (AvgIpc) is 2.82. The summed E-state index contributed by atoms with van der Waals surface area (Å²) in [6.07, 6.45) is -3.00. The number of alkyl halides is 3. The molecule has 6 nitrogen and oxygen atoms in total. The van der Waals surface area contributed by atoms with Crippen LogP contribution in [0.15, 0.2) is 48.1 Å². The molecule has 0 aliphatic carbocycles. The number of hydrogen-bond acceptors (Lipinski definition) is 5. The molecule has 1 heterocycles. The Bertz CT molecular complexity index is 1080. The van der Waals surface area contributed by atoms with Crippen molar-refractivity contribution in [2.24, 2.45) is 4.99 Å². The van der Waals surface area contributed by atoms with E-state index in [1.807, 2.05) is 13.8 Å². The molecular formula is C26H31F4N3O3. The summed E-state index contributed by atoms with van der Waals surface area (Å²) in [7, 11) is 0. The van der Waals surface area contributed by atoms with Crippen LogP contribution in [0.25, 0.3) is 5.76 Å². The monoisotopic (exact) mass is 509 g/mol. The number of ether oxygens (including phenoxy) is 2.